The summed E-state index contributed by atoms with van der Waals surface area (Å²) >= 11 is 0. The Bertz CT molecular complexity index is 600. The molecular formula is C20H28O5. The van der Waals surface area contributed by atoms with E-state index in [2.05, 4.69) is 0 Å². The van der Waals surface area contributed by atoms with E-state index in [0.717, 1.165) is 12.8 Å². The molecule has 1 aromatic rings. The summed E-state index contributed by atoms with van der Waals surface area (Å²) in [5.74, 6) is -0.543. The third-order valence-electron chi connectivity index (χ3n) is 3.89. The molecule has 0 radical (unpaired) electrons. The molecule has 1 fully saturated rings. The molecule has 1 aliphatic heterocycles. The summed E-state index contributed by atoms with van der Waals surface area (Å²) < 4.78 is 16.5. The van der Waals surface area contributed by atoms with E-state index in [0.29, 0.717) is 25.4 Å². The predicted molar refractivity (Wildman–Crippen MR) is 94.6 cm³/mol. The van der Waals surface area contributed by atoms with E-state index in [1.165, 1.54) is 0 Å². The van der Waals surface area contributed by atoms with Crippen LogP contribution in [-0.2, 0) is 14.2 Å². The number of carbonyl (C=O) groups is 2. The molecule has 5 nitrogen and oxygen atoms in total. The third kappa shape index (κ3) is 5.30. The summed E-state index contributed by atoms with van der Waals surface area (Å²) in [5.41, 5.74) is 1.25. The van der Waals surface area contributed by atoms with Gasteiger partial charge in [-0.25, -0.2) is 9.59 Å². The SMILES string of the molecule is CC(C)COC(=O)c1cccc(C2CCCO2)c1C(=O)OCC(C)C. The van der Waals surface area contributed by atoms with Crippen molar-refractivity contribution < 1.29 is 23.8 Å². The average molecular weight is 348 g/mol. The van der Waals surface area contributed by atoms with Gasteiger partial charge in [0, 0.05) is 6.61 Å². The smallest absolute Gasteiger partial charge is 0.339 e. The topological polar surface area (TPSA) is 61.8 Å². The average Bonchev–Trinajstić information content (AvgIpc) is 3.11. The minimum atomic E-state index is -0.495. The number of rotatable bonds is 7. The minimum Gasteiger partial charge on any atom is -0.462 e. The Hall–Kier alpha value is -1.88. The highest BCUT2D eigenvalue weighted by Gasteiger charge is 2.29. The molecule has 1 unspecified atom stereocenters. The first kappa shape index (κ1) is 19.4. The monoisotopic (exact) mass is 348 g/mol. The number of esters is 2. The van der Waals surface area contributed by atoms with Crippen molar-refractivity contribution in [2.24, 2.45) is 11.8 Å². The van der Waals surface area contributed by atoms with Gasteiger partial charge in [-0.1, -0.05) is 39.8 Å². The maximum atomic E-state index is 12.7. The van der Waals surface area contributed by atoms with Crippen LogP contribution in [0.4, 0.5) is 0 Å². The van der Waals surface area contributed by atoms with E-state index >= 15 is 0 Å². The summed E-state index contributed by atoms with van der Waals surface area (Å²) in [6.07, 6.45) is 1.58. The molecule has 1 heterocycles. The largest absolute Gasteiger partial charge is 0.462 e. The van der Waals surface area contributed by atoms with E-state index in [1.54, 1.807) is 12.1 Å². The molecule has 0 aliphatic carbocycles. The number of carbonyl (C=O) groups excluding carboxylic acids is 2. The lowest BCUT2D eigenvalue weighted by Gasteiger charge is -2.18. The normalized spacial score (nSPS) is 17.1. The fourth-order valence-electron chi connectivity index (χ4n) is 2.69. The van der Waals surface area contributed by atoms with E-state index in [4.69, 9.17) is 14.2 Å². The quantitative estimate of drug-likeness (QED) is 0.692. The van der Waals surface area contributed by atoms with Crippen LogP contribution in [0.2, 0.25) is 0 Å². The molecule has 0 N–H and O–H groups in total. The molecule has 0 spiro atoms. The van der Waals surface area contributed by atoms with Gasteiger partial charge in [-0.2, -0.15) is 0 Å². The molecule has 0 amide bonds. The van der Waals surface area contributed by atoms with Crippen molar-refractivity contribution in [3.63, 3.8) is 0 Å². The van der Waals surface area contributed by atoms with Crippen molar-refractivity contribution >= 4 is 11.9 Å². The number of hydrogen-bond donors (Lipinski definition) is 0. The third-order valence-corrected chi connectivity index (χ3v) is 3.89. The van der Waals surface area contributed by atoms with Gasteiger partial charge < -0.3 is 14.2 Å². The van der Waals surface area contributed by atoms with Gasteiger partial charge >= 0.3 is 11.9 Å². The Morgan fingerprint density at radius 2 is 1.72 bits per heavy atom. The lowest BCUT2D eigenvalue weighted by molar-refractivity contribution is 0.0404. The molecule has 1 aliphatic rings. The molecule has 0 saturated carbocycles. The standard InChI is InChI=1S/C20H28O5/c1-13(2)11-24-19(21)16-8-5-7-15(17-9-6-10-23-17)18(16)20(22)25-12-14(3)4/h5,7-8,13-14,17H,6,9-12H2,1-4H3. The van der Waals surface area contributed by atoms with Gasteiger partial charge in [-0.3, -0.25) is 0 Å². The van der Waals surface area contributed by atoms with Crippen molar-refractivity contribution in [3.05, 3.63) is 34.9 Å². The molecule has 0 bridgehead atoms. The Morgan fingerprint density at radius 1 is 1.08 bits per heavy atom. The highest BCUT2D eigenvalue weighted by Crippen LogP contribution is 2.33. The van der Waals surface area contributed by atoms with Gasteiger partial charge in [-0.15, -0.1) is 0 Å². The van der Waals surface area contributed by atoms with Crippen LogP contribution in [0.1, 0.15) is 72.9 Å². The first-order valence-corrected chi connectivity index (χ1v) is 8.99. The van der Waals surface area contributed by atoms with Crippen molar-refractivity contribution in [2.45, 2.75) is 46.6 Å². The van der Waals surface area contributed by atoms with Crippen molar-refractivity contribution in [3.8, 4) is 0 Å². The molecule has 1 atom stereocenters. The zero-order valence-corrected chi connectivity index (χ0v) is 15.5. The Balaban J connectivity index is 2.34. The Morgan fingerprint density at radius 3 is 2.28 bits per heavy atom. The number of ether oxygens (including phenoxy) is 3. The second kappa shape index (κ2) is 8.99. The molecule has 25 heavy (non-hydrogen) atoms. The van der Waals surface area contributed by atoms with Gasteiger partial charge in [0.25, 0.3) is 0 Å². The van der Waals surface area contributed by atoms with Crippen molar-refractivity contribution in [1.29, 1.82) is 0 Å². The van der Waals surface area contributed by atoms with Crippen LogP contribution < -0.4 is 0 Å². The zero-order chi connectivity index (χ0) is 18.4. The highest BCUT2D eigenvalue weighted by atomic mass is 16.5. The minimum absolute atomic E-state index is 0.181. The van der Waals surface area contributed by atoms with Crippen LogP contribution in [0.5, 0.6) is 0 Å². The summed E-state index contributed by atoms with van der Waals surface area (Å²) in [6.45, 7) is 9.14. The van der Waals surface area contributed by atoms with E-state index < -0.39 is 11.9 Å². The first-order valence-electron chi connectivity index (χ1n) is 8.99. The number of hydrogen-bond acceptors (Lipinski definition) is 5. The van der Waals surface area contributed by atoms with Crippen molar-refractivity contribution in [2.75, 3.05) is 19.8 Å². The lowest BCUT2D eigenvalue weighted by atomic mass is 9.95. The molecule has 0 aromatic heterocycles. The summed E-state index contributed by atoms with van der Waals surface area (Å²) in [4.78, 5) is 25.2. The van der Waals surface area contributed by atoms with Gasteiger partial charge in [0.1, 0.15) is 0 Å². The molecule has 2 rings (SSSR count). The molecule has 5 heteroatoms. The summed E-state index contributed by atoms with van der Waals surface area (Å²) in [6, 6.07) is 5.22. The highest BCUT2D eigenvalue weighted by molar-refractivity contribution is 6.04. The molecule has 1 saturated heterocycles. The van der Waals surface area contributed by atoms with Gasteiger partial charge in [0.15, 0.2) is 0 Å². The van der Waals surface area contributed by atoms with Crippen LogP contribution in [0.15, 0.2) is 18.2 Å². The van der Waals surface area contributed by atoms with E-state index in [1.807, 2.05) is 33.8 Å². The number of benzene rings is 1. The summed E-state index contributed by atoms with van der Waals surface area (Å²) in [5, 5.41) is 0. The Labute approximate surface area is 149 Å². The van der Waals surface area contributed by atoms with Crippen molar-refractivity contribution in [1.82, 2.24) is 0 Å². The van der Waals surface area contributed by atoms with Crippen LogP contribution in [-0.4, -0.2) is 31.8 Å². The molecular weight excluding hydrogens is 320 g/mol. The van der Waals surface area contributed by atoms with Gasteiger partial charge in [0.2, 0.25) is 0 Å². The second-order valence-electron chi connectivity index (χ2n) is 7.26. The van der Waals surface area contributed by atoms with E-state index in [-0.39, 0.29) is 29.1 Å². The predicted octanol–water partition coefficient (Wildman–Crippen LogP) is 4.16. The fraction of sp³-hybridized carbons (Fsp3) is 0.600. The van der Waals surface area contributed by atoms with Crippen LogP contribution in [0.25, 0.3) is 0 Å². The van der Waals surface area contributed by atoms with E-state index in [9.17, 15) is 9.59 Å². The maximum Gasteiger partial charge on any atom is 0.339 e. The van der Waals surface area contributed by atoms with Gasteiger partial charge in [0.05, 0.1) is 30.4 Å². The van der Waals surface area contributed by atoms with Crippen LogP contribution in [0.3, 0.4) is 0 Å². The first-order chi connectivity index (χ1) is 11.9. The van der Waals surface area contributed by atoms with Crippen LogP contribution >= 0.6 is 0 Å². The lowest BCUT2D eigenvalue weighted by Crippen LogP contribution is -2.20. The van der Waals surface area contributed by atoms with Crippen LogP contribution in [0, 0.1) is 11.8 Å². The summed E-state index contributed by atoms with van der Waals surface area (Å²) in [7, 11) is 0. The van der Waals surface area contributed by atoms with Gasteiger partial charge in [-0.05, 0) is 36.3 Å². The maximum absolute atomic E-state index is 12.7. The fourth-order valence-corrected chi connectivity index (χ4v) is 2.69. The molecule has 138 valence electrons. The zero-order valence-electron chi connectivity index (χ0n) is 15.5. The second-order valence-corrected chi connectivity index (χ2v) is 7.26. The molecule has 1 aromatic carbocycles. The Kier molecular flexibility index (Phi) is 7.00.